The third kappa shape index (κ3) is 6.68. The minimum absolute atomic E-state index is 0.182. The molecule has 0 fully saturated rings. The van der Waals surface area contributed by atoms with Crippen molar-refractivity contribution in [1.82, 2.24) is 5.32 Å². The number of nitrogens with two attached hydrogens (primary N) is 1. The van der Waals surface area contributed by atoms with Crippen molar-refractivity contribution in [3.8, 4) is 0 Å². The summed E-state index contributed by atoms with van der Waals surface area (Å²) in [5, 5.41) is 14.6. The molecule has 84 valence electrons. The summed E-state index contributed by atoms with van der Waals surface area (Å²) < 4.78 is 5.25. The van der Waals surface area contributed by atoms with Crippen molar-refractivity contribution < 1.29 is 9.94 Å². The molecule has 0 aromatic heterocycles. The van der Waals surface area contributed by atoms with E-state index in [9.17, 15) is 0 Å². The highest BCUT2D eigenvalue weighted by Crippen LogP contribution is 1.94. The van der Waals surface area contributed by atoms with E-state index in [1.165, 1.54) is 0 Å². The molecule has 5 nitrogen and oxygen atoms in total. The van der Waals surface area contributed by atoms with Gasteiger partial charge in [0.05, 0.1) is 6.61 Å². The van der Waals surface area contributed by atoms with Gasteiger partial charge < -0.3 is 21.0 Å². The lowest BCUT2D eigenvalue weighted by molar-refractivity contribution is 0.124. The highest BCUT2D eigenvalue weighted by Gasteiger charge is 2.08. The van der Waals surface area contributed by atoms with Crippen LogP contribution in [0.4, 0.5) is 0 Å². The van der Waals surface area contributed by atoms with Crippen LogP contribution in [-0.2, 0) is 4.74 Å². The highest BCUT2D eigenvalue weighted by atomic mass is 16.5. The monoisotopic (exact) mass is 203 g/mol. The number of hydrogen-bond acceptors (Lipinski definition) is 4. The van der Waals surface area contributed by atoms with Crippen molar-refractivity contribution >= 4 is 5.84 Å². The first-order valence-corrected chi connectivity index (χ1v) is 4.90. The number of amidine groups is 1. The molecule has 0 saturated heterocycles. The molecule has 0 rings (SSSR count). The van der Waals surface area contributed by atoms with Crippen molar-refractivity contribution in [2.75, 3.05) is 13.2 Å². The zero-order chi connectivity index (χ0) is 11.0. The van der Waals surface area contributed by atoms with Gasteiger partial charge in [-0.15, -0.1) is 0 Å². The predicted octanol–water partition coefficient (Wildman–Crippen LogP) is 0.526. The molecule has 0 aliphatic rings. The minimum Gasteiger partial charge on any atom is -0.409 e. The first-order chi connectivity index (χ1) is 6.60. The molecule has 0 aliphatic carbocycles. The largest absolute Gasteiger partial charge is 0.409 e. The highest BCUT2D eigenvalue weighted by molar-refractivity contribution is 5.80. The summed E-state index contributed by atoms with van der Waals surface area (Å²) >= 11 is 0. The van der Waals surface area contributed by atoms with Crippen LogP contribution in [0.25, 0.3) is 0 Å². The van der Waals surface area contributed by atoms with E-state index in [1.54, 1.807) is 0 Å². The second-order valence-corrected chi connectivity index (χ2v) is 3.42. The fourth-order valence-corrected chi connectivity index (χ4v) is 1.24. The first-order valence-electron chi connectivity index (χ1n) is 4.90. The van der Waals surface area contributed by atoms with Crippen molar-refractivity contribution in [1.29, 1.82) is 0 Å². The zero-order valence-corrected chi connectivity index (χ0v) is 9.16. The van der Waals surface area contributed by atoms with Crippen LogP contribution in [0.2, 0.25) is 0 Å². The second kappa shape index (κ2) is 7.58. The van der Waals surface area contributed by atoms with Gasteiger partial charge in [0, 0.05) is 25.1 Å². The molecule has 0 amide bonds. The first kappa shape index (κ1) is 13.2. The van der Waals surface area contributed by atoms with Gasteiger partial charge in [-0.25, -0.2) is 0 Å². The fraction of sp³-hybridized carbons (Fsp3) is 0.889. The van der Waals surface area contributed by atoms with E-state index in [0.717, 1.165) is 6.61 Å². The van der Waals surface area contributed by atoms with Gasteiger partial charge in [-0.05, 0) is 20.8 Å². The normalized spacial score (nSPS) is 16.6. The lowest BCUT2D eigenvalue weighted by Gasteiger charge is -2.19. The van der Waals surface area contributed by atoms with Crippen LogP contribution < -0.4 is 11.1 Å². The van der Waals surface area contributed by atoms with Crippen LogP contribution >= 0.6 is 0 Å². The summed E-state index contributed by atoms with van der Waals surface area (Å²) in [5.74, 6) is 0.244. The number of oxime groups is 1. The Hall–Kier alpha value is -0.810. The molecule has 0 aliphatic heterocycles. The summed E-state index contributed by atoms with van der Waals surface area (Å²) in [6.07, 6.45) is 0.535. The molecule has 5 heteroatoms. The van der Waals surface area contributed by atoms with Gasteiger partial charge in [0.1, 0.15) is 5.84 Å². The van der Waals surface area contributed by atoms with Crippen molar-refractivity contribution in [3.05, 3.63) is 0 Å². The van der Waals surface area contributed by atoms with E-state index < -0.39 is 0 Å². The van der Waals surface area contributed by atoms with E-state index in [2.05, 4.69) is 10.5 Å². The maximum absolute atomic E-state index is 8.37. The molecule has 0 bridgehead atoms. The maximum atomic E-state index is 8.37. The molecule has 0 aromatic carbocycles. The number of nitrogens with zero attached hydrogens (tertiary/aromatic N) is 1. The zero-order valence-electron chi connectivity index (χ0n) is 9.16. The van der Waals surface area contributed by atoms with Gasteiger partial charge in [0.2, 0.25) is 0 Å². The number of ether oxygens (including phenoxy) is 1. The Labute approximate surface area is 85.3 Å². The smallest absolute Gasteiger partial charge is 0.140 e. The number of nitrogens with one attached hydrogen (secondary N) is 1. The summed E-state index contributed by atoms with van der Waals surface area (Å²) in [6, 6.07) is 0.456. The van der Waals surface area contributed by atoms with Crippen LogP contribution in [0, 0.1) is 0 Å². The standard InChI is InChI=1S/C9H21N3O2/c1-4-14-6-8(3)11-7(2)5-9(10)12-13/h7-8,11,13H,4-6H2,1-3H3,(H2,10,12). The quantitative estimate of drug-likeness (QED) is 0.244. The topological polar surface area (TPSA) is 79.9 Å². The number of hydrogen-bond donors (Lipinski definition) is 3. The summed E-state index contributed by atoms with van der Waals surface area (Å²) in [7, 11) is 0. The van der Waals surface area contributed by atoms with E-state index in [-0.39, 0.29) is 17.9 Å². The third-order valence-electron chi connectivity index (χ3n) is 1.78. The van der Waals surface area contributed by atoms with Crippen LogP contribution in [0.5, 0.6) is 0 Å². The molecule has 2 atom stereocenters. The molecule has 0 aromatic rings. The van der Waals surface area contributed by atoms with E-state index >= 15 is 0 Å². The van der Waals surface area contributed by atoms with Crippen molar-refractivity contribution in [3.63, 3.8) is 0 Å². The molecule has 14 heavy (non-hydrogen) atoms. The van der Waals surface area contributed by atoms with E-state index in [1.807, 2.05) is 20.8 Å². The summed E-state index contributed by atoms with van der Waals surface area (Å²) in [5.41, 5.74) is 5.38. The lowest BCUT2D eigenvalue weighted by atomic mass is 10.2. The van der Waals surface area contributed by atoms with Crippen LogP contribution in [0.1, 0.15) is 27.2 Å². The van der Waals surface area contributed by atoms with Gasteiger partial charge in [-0.1, -0.05) is 5.16 Å². The Balaban J connectivity index is 3.65. The van der Waals surface area contributed by atoms with Gasteiger partial charge in [-0.3, -0.25) is 0 Å². The van der Waals surface area contributed by atoms with E-state index in [0.29, 0.717) is 13.0 Å². The Morgan fingerprint density at radius 1 is 1.50 bits per heavy atom. The predicted molar refractivity (Wildman–Crippen MR) is 56.6 cm³/mol. The van der Waals surface area contributed by atoms with Crippen LogP contribution in [0.3, 0.4) is 0 Å². The Bertz CT molecular complexity index is 173. The van der Waals surface area contributed by atoms with E-state index in [4.69, 9.17) is 15.7 Å². The Morgan fingerprint density at radius 2 is 2.14 bits per heavy atom. The molecule has 0 saturated carbocycles. The Morgan fingerprint density at radius 3 is 2.64 bits per heavy atom. The average Bonchev–Trinajstić information content (AvgIpc) is 2.14. The van der Waals surface area contributed by atoms with Crippen molar-refractivity contribution in [2.45, 2.75) is 39.3 Å². The summed E-state index contributed by atoms with van der Waals surface area (Å²) in [6.45, 7) is 7.39. The van der Waals surface area contributed by atoms with Gasteiger partial charge in [0.15, 0.2) is 0 Å². The molecule has 0 heterocycles. The lowest BCUT2D eigenvalue weighted by Crippen LogP contribution is -2.39. The van der Waals surface area contributed by atoms with Gasteiger partial charge >= 0.3 is 0 Å². The van der Waals surface area contributed by atoms with Gasteiger partial charge in [0.25, 0.3) is 0 Å². The molecule has 0 radical (unpaired) electrons. The third-order valence-corrected chi connectivity index (χ3v) is 1.78. The summed E-state index contributed by atoms with van der Waals surface area (Å²) in [4.78, 5) is 0. The molecule has 2 unspecified atom stereocenters. The second-order valence-electron chi connectivity index (χ2n) is 3.42. The fourth-order valence-electron chi connectivity index (χ4n) is 1.24. The molecule has 4 N–H and O–H groups in total. The Kier molecular flexibility index (Phi) is 7.14. The number of rotatable bonds is 7. The van der Waals surface area contributed by atoms with Crippen LogP contribution in [-0.4, -0.2) is 36.3 Å². The van der Waals surface area contributed by atoms with Crippen molar-refractivity contribution in [2.24, 2.45) is 10.9 Å². The van der Waals surface area contributed by atoms with Crippen LogP contribution in [0.15, 0.2) is 5.16 Å². The maximum Gasteiger partial charge on any atom is 0.140 e. The molecular formula is C9H21N3O2. The van der Waals surface area contributed by atoms with Gasteiger partial charge in [-0.2, -0.15) is 0 Å². The SMILES string of the molecule is CCOCC(C)NC(C)CC(N)=NO. The molecule has 0 spiro atoms. The average molecular weight is 203 g/mol. The minimum atomic E-state index is 0.182. The molecular weight excluding hydrogens is 182 g/mol.